The van der Waals surface area contributed by atoms with Crippen LogP contribution in [0.3, 0.4) is 0 Å². The molecule has 2 heterocycles. The van der Waals surface area contributed by atoms with E-state index in [1.807, 2.05) is 11.5 Å². The molecule has 3 fully saturated rings. The lowest BCUT2D eigenvalue weighted by atomic mass is 9.77. The first-order valence-corrected chi connectivity index (χ1v) is 10.9. The van der Waals surface area contributed by atoms with E-state index in [0.717, 1.165) is 38.6 Å². The highest BCUT2D eigenvalue weighted by Crippen LogP contribution is 2.57. The van der Waals surface area contributed by atoms with E-state index < -0.39 is 17.2 Å². The number of aromatic nitrogens is 1. The molecule has 3 N–H and O–H groups in total. The summed E-state index contributed by atoms with van der Waals surface area (Å²) in [5.74, 6) is -1.29. The number of halogens is 1. The number of benzene rings is 1. The van der Waals surface area contributed by atoms with Crippen molar-refractivity contribution in [2.24, 2.45) is 17.1 Å². The number of carboxylic acids is 1. The van der Waals surface area contributed by atoms with Crippen molar-refractivity contribution in [3.63, 3.8) is 0 Å². The lowest BCUT2D eigenvalue weighted by Gasteiger charge is -2.44. The summed E-state index contributed by atoms with van der Waals surface area (Å²) >= 11 is 0. The third-order valence-electron chi connectivity index (χ3n) is 7.54. The Labute approximate surface area is 174 Å². The zero-order valence-corrected chi connectivity index (χ0v) is 17.4. The monoisotopic (exact) mass is 413 g/mol. The molecule has 1 unspecified atom stereocenters. The van der Waals surface area contributed by atoms with Gasteiger partial charge in [0.15, 0.2) is 0 Å². The van der Waals surface area contributed by atoms with Gasteiger partial charge >= 0.3 is 5.97 Å². The summed E-state index contributed by atoms with van der Waals surface area (Å²) in [7, 11) is 0. The minimum Gasteiger partial charge on any atom is -0.477 e. The van der Waals surface area contributed by atoms with Gasteiger partial charge in [-0.05, 0) is 55.6 Å². The summed E-state index contributed by atoms with van der Waals surface area (Å²) in [6, 6.07) is 1.38. The molecule has 2 aliphatic carbocycles. The van der Waals surface area contributed by atoms with Crippen LogP contribution >= 0.6 is 0 Å². The van der Waals surface area contributed by atoms with Gasteiger partial charge in [0.2, 0.25) is 5.43 Å². The van der Waals surface area contributed by atoms with Crippen molar-refractivity contribution < 1.29 is 14.3 Å². The Kier molecular flexibility index (Phi) is 4.26. The smallest absolute Gasteiger partial charge is 0.341 e. The number of pyridine rings is 1. The molecule has 1 aromatic carbocycles. The third-order valence-corrected chi connectivity index (χ3v) is 7.54. The average molecular weight is 413 g/mol. The minimum absolute atomic E-state index is 0.0132. The Morgan fingerprint density at radius 3 is 2.63 bits per heavy atom. The predicted molar refractivity (Wildman–Crippen MR) is 114 cm³/mol. The van der Waals surface area contributed by atoms with Crippen molar-refractivity contribution in [2.75, 3.05) is 18.0 Å². The molecule has 2 saturated carbocycles. The quantitative estimate of drug-likeness (QED) is 0.802. The van der Waals surface area contributed by atoms with E-state index in [9.17, 15) is 14.7 Å². The first-order valence-electron chi connectivity index (χ1n) is 10.9. The minimum atomic E-state index is -1.28. The van der Waals surface area contributed by atoms with Gasteiger partial charge in [0.05, 0.1) is 11.2 Å². The number of piperidine rings is 1. The molecule has 30 heavy (non-hydrogen) atoms. The second kappa shape index (κ2) is 6.54. The Bertz CT molecular complexity index is 1120. The van der Waals surface area contributed by atoms with Gasteiger partial charge in [-0.25, -0.2) is 9.18 Å². The fourth-order valence-corrected chi connectivity index (χ4v) is 5.84. The van der Waals surface area contributed by atoms with Crippen LogP contribution in [0.25, 0.3) is 10.9 Å². The van der Waals surface area contributed by atoms with Crippen LogP contribution in [0, 0.1) is 24.1 Å². The van der Waals surface area contributed by atoms with E-state index in [1.54, 1.807) is 0 Å². The normalized spacial score (nSPS) is 25.1. The molecule has 0 radical (unpaired) electrons. The summed E-state index contributed by atoms with van der Waals surface area (Å²) < 4.78 is 17.3. The molecule has 5 rings (SSSR count). The lowest BCUT2D eigenvalue weighted by Crippen LogP contribution is -2.54. The number of carboxylic acid groups (broad SMARTS) is 1. The molecule has 2 atom stereocenters. The second-order valence-corrected chi connectivity index (χ2v) is 9.47. The summed E-state index contributed by atoms with van der Waals surface area (Å²) in [6.07, 6.45) is 6.58. The van der Waals surface area contributed by atoms with E-state index in [1.165, 1.54) is 12.3 Å². The SMILES string of the molecule is CC[C@@H]1C(N)CN(c2c(F)cc3c(=O)c(C(=O)O)cn(C4CC4)c3c2C)CC12CC2. The van der Waals surface area contributed by atoms with Crippen molar-refractivity contribution in [1.29, 1.82) is 0 Å². The summed E-state index contributed by atoms with van der Waals surface area (Å²) in [4.78, 5) is 26.5. The summed E-state index contributed by atoms with van der Waals surface area (Å²) in [5, 5.41) is 9.61. The Morgan fingerprint density at radius 1 is 1.37 bits per heavy atom. The molecular formula is C23H28FN3O3. The molecule has 1 saturated heterocycles. The molecule has 7 heteroatoms. The first kappa shape index (κ1) is 19.5. The zero-order chi connectivity index (χ0) is 21.4. The Hall–Kier alpha value is -2.41. The van der Waals surface area contributed by atoms with Crippen molar-refractivity contribution >= 4 is 22.6 Å². The topological polar surface area (TPSA) is 88.6 Å². The van der Waals surface area contributed by atoms with Gasteiger partial charge < -0.3 is 20.3 Å². The van der Waals surface area contributed by atoms with Crippen LogP contribution in [0.15, 0.2) is 17.1 Å². The maximum Gasteiger partial charge on any atom is 0.341 e. The van der Waals surface area contributed by atoms with Crippen LogP contribution in [0.2, 0.25) is 0 Å². The van der Waals surface area contributed by atoms with E-state index in [0.29, 0.717) is 29.2 Å². The van der Waals surface area contributed by atoms with E-state index >= 15 is 4.39 Å². The van der Waals surface area contributed by atoms with Gasteiger partial charge in [-0.15, -0.1) is 0 Å². The molecule has 1 spiro atoms. The Balaban J connectivity index is 1.69. The maximum atomic E-state index is 15.4. The first-order chi connectivity index (χ1) is 14.3. The van der Waals surface area contributed by atoms with Crippen LogP contribution in [0.5, 0.6) is 0 Å². The molecule has 0 bridgehead atoms. The van der Waals surface area contributed by atoms with E-state index in [-0.39, 0.29) is 28.4 Å². The van der Waals surface area contributed by atoms with Gasteiger partial charge in [-0.1, -0.05) is 13.3 Å². The molecule has 2 aromatic rings. The summed E-state index contributed by atoms with van der Waals surface area (Å²) in [6.45, 7) is 5.39. The van der Waals surface area contributed by atoms with Crippen molar-refractivity contribution in [2.45, 2.75) is 58.0 Å². The van der Waals surface area contributed by atoms with Gasteiger partial charge in [-0.3, -0.25) is 4.79 Å². The van der Waals surface area contributed by atoms with E-state index in [2.05, 4.69) is 11.8 Å². The van der Waals surface area contributed by atoms with Crippen LogP contribution in [0.4, 0.5) is 10.1 Å². The number of anilines is 1. The standard InChI is InChI=1S/C23H28FN3O3/c1-3-16-18(25)10-26(11-23(16)6-7-23)20-12(2)19-14(8-17(20)24)21(28)15(22(29)30)9-27(19)13-4-5-13/h8-9,13,16,18H,3-7,10-11,25H2,1-2H3,(H,29,30)/t16-,18?/m1/s1. The number of nitrogens with zero attached hydrogens (tertiary/aromatic N) is 2. The van der Waals surface area contributed by atoms with Gasteiger partial charge in [0.25, 0.3) is 0 Å². The van der Waals surface area contributed by atoms with Crippen molar-refractivity contribution in [3.8, 4) is 0 Å². The molecular weight excluding hydrogens is 385 g/mol. The number of nitrogens with two attached hydrogens (primary N) is 1. The largest absolute Gasteiger partial charge is 0.477 e. The number of fused-ring (bicyclic) bond motifs is 1. The number of hydrogen-bond donors (Lipinski definition) is 2. The number of hydrogen-bond acceptors (Lipinski definition) is 4. The van der Waals surface area contributed by atoms with Crippen LogP contribution in [-0.4, -0.2) is 34.8 Å². The fraction of sp³-hybridized carbons (Fsp3) is 0.565. The molecule has 3 aliphatic rings. The maximum absolute atomic E-state index is 15.4. The number of rotatable bonds is 4. The molecule has 1 aliphatic heterocycles. The number of aryl methyl sites for hydroxylation is 1. The molecule has 0 amide bonds. The second-order valence-electron chi connectivity index (χ2n) is 9.47. The molecule has 160 valence electrons. The van der Waals surface area contributed by atoms with Gasteiger partial charge in [-0.2, -0.15) is 0 Å². The fourth-order valence-electron chi connectivity index (χ4n) is 5.84. The molecule has 1 aromatic heterocycles. The predicted octanol–water partition coefficient (Wildman–Crippen LogP) is 3.44. The highest BCUT2D eigenvalue weighted by atomic mass is 19.1. The van der Waals surface area contributed by atoms with Crippen LogP contribution in [0.1, 0.15) is 61.0 Å². The van der Waals surface area contributed by atoms with Crippen molar-refractivity contribution in [1.82, 2.24) is 4.57 Å². The third kappa shape index (κ3) is 2.78. The lowest BCUT2D eigenvalue weighted by molar-refractivity contribution is 0.0695. The van der Waals surface area contributed by atoms with Crippen molar-refractivity contribution in [3.05, 3.63) is 39.4 Å². The van der Waals surface area contributed by atoms with E-state index in [4.69, 9.17) is 5.73 Å². The van der Waals surface area contributed by atoms with Gasteiger partial charge in [0.1, 0.15) is 11.4 Å². The highest BCUT2D eigenvalue weighted by molar-refractivity contribution is 5.95. The highest BCUT2D eigenvalue weighted by Gasteiger charge is 2.54. The average Bonchev–Trinajstić information content (AvgIpc) is 3.59. The van der Waals surface area contributed by atoms with Crippen LogP contribution < -0.4 is 16.1 Å². The zero-order valence-electron chi connectivity index (χ0n) is 17.4. The number of aromatic carboxylic acids is 1. The van der Waals surface area contributed by atoms with Crippen LogP contribution in [-0.2, 0) is 0 Å². The Morgan fingerprint density at radius 2 is 2.07 bits per heavy atom. The summed E-state index contributed by atoms with van der Waals surface area (Å²) in [5.41, 5.74) is 7.63. The number of carbonyl (C=O) groups is 1. The van der Waals surface area contributed by atoms with Gasteiger partial charge in [0, 0.05) is 36.8 Å². The molecule has 6 nitrogen and oxygen atoms in total.